The molecule has 3 aromatic rings. The SMILES string of the molecule is Cc1ccc(S(=O)(=O)NCc2cc3ccccn3n2)s1. The first kappa shape index (κ1) is 13.3. The van der Waals surface area contributed by atoms with E-state index in [1.807, 2.05) is 37.4 Å². The Morgan fingerprint density at radius 2 is 2.15 bits per heavy atom. The highest BCUT2D eigenvalue weighted by Gasteiger charge is 2.16. The van der Waals surface area contributed by atoms with E-state index in [0.29, 0.717) is 9.90 Å². The van der Waals surface area contributed by atoms with Crippen LogP contribution < -0.4 is 4.72 Å². The van der Waals surface area contributed by atoms with Crippen molar-refractivity contribution in [2.75, 3.05) is 0 Å². The average molecular weight is 307 g/mol. The molecule has 3 rings (SSSR count). The van der Waals surface area contributed by atoms with Crippen LogP contribution in [0.2, 0.25) is 0 Å². The van der Waals surface area contributed by atoms with Crippen molar-refractivity contribution in [2.24, 2.45) is 0 Å². The molecule has 5 nitrogen and oxygen atoms in total. The minimum Gasteiger partial charge on any atom is -0.241 e. The van der Waals surface area contributed by atoms with E-state index in [-0.39, 0.29) is 6.54 Å². The highest BCUT2D eigenvalue weighted by atomic mass is 32.2. The first-order chi connectivity index (χ1) is 9.54. The Labute approximate surface area is 120 Å². The molecule has 0 aromatic carbocycles. The fourth-order valence-electron chi connectivity index (χ4n) is 1.87. The maximum absolute atomic E-state index is 12.1. The van der Waals surface area contributed by atoms with Gasteiger partial charge in [0, 0.05) is 11.1 Å². The number of nitrogens with zero attached hydrogens (tertiary/aromatic N) is 2. The topological polar surface area (TPSA) is 63.5 Å². The van der Waals surface area contributed by atoms with E-state index in [4.69, 9.17) is 0 Å². The second kappa shape index (κ2) is 5.01. The third-order valence-electron chi connectivity index (χ3n) is 2.84. The highest BCUT2D eigenvalue weighted by molar-refractivity contribution is 7.91. The smallest absolute Gasteiger partial charge is 0.241 e. The van der Waals surface area contributed by atoms with Gasteiger partial charge in [-0.05, 0) is 37.3 Å². The van der Waals surface area contributed by atoms with Gasteiger partial charge in [0.05, 0.1) is 17.8 Å². The van der Waals surface area contributed by atoms with Gasteiger partial charge in [-0.3, -0.25) is 0 Å². The third kappa shape index (κ3) is 2.60. The average Bonchev–Trinajstić information content (AvgIpc) is 3.02. The summed E-state index contributed by atoms with van der Waals surface area (Å²) in [7, 11) is -3.46. The van der Waals surface area contributed by atoms with Crippen LogP contribution in [0.4, 0.5) is 0 Å². The van der Waals surface area contributed by atoms with Gasteiger partial charge in [-0.2, -0.15) is 5.10 Å². The van der Waals surface area contributed by atoms with Gasteiger partial charge in [-0.15, -0.1) is 11.3 Å². The van der Waals surface area contributed by atoms with Crippen molar-refractivity contribution in [2.45, 2.75) is 17.7 Å². The van der Waals surface area contributed by atoms with Crippen LogP contribution in [-0.4, -0.2) is 18.0 Å². The number of nitrogens with one attached hydrogen (secondary N) is 1. The molecule has 0 unspecified atom stereocenters. The van der Waals surface area contributed by atoms with Crippen LogP contribution in [-0.2, 0) is 16.6 Å². The zero-order valence-electron chi connectivity index (χ0n) is 10.8. The Morgan fingerprint density at radius 1 is 1.30 bits per heavy atom. The lowest BCUT2D eigenvalue weighted by Gasteiger charge is -2.01. The van der Waals surface area contributed by atoms with E-state index in [9.17, 15) is 8.42 Å². The molecule has 3 aromatic heterocycles. The van der Waals surface area contributed by atoms with Crippen LogP contribution in [0, 0.1) is 6.92 Å². The standard InChI is InChI=1S/C13H13N3O2S2/c1-10-5-6-13(19-10)20(17,18)14-9-11-8-12-4-2-3-7-16(12)15-11/h2-8,14H,9H2,1H3. The molecule has 20 heavy (non-hydrogen) atoms. The van der Waals surface area contributed by atoms with Crippen molar-refractivity contribution in [3.05, 3.63) is 53.2 Å². The first-order valence-corrected chi connectivity index (χ1v) is 8.34. The lowest BCUT2D eigenvalue weighted by atomic mass is 10.3. The first-order valence-electron chi connectivity index (χ1n) is 6.04. The molecule has 3 heterocycles. The normalized spacial score (nSPS) is 12.1. The van der Waals surface area contributed by atoms with Crippen molar-refractivity contribution in [1.82, 2.24) is 14.3 Å². The van der Waals surface area contributed by atoms with Gasteiger partial charge in [-0.1, -0.05) is 6.07 Å². The molecule has 1 N–H and O–H groups in total. The number of sulfonamides is 1. The lowest BCUT2D eigenvalue weighted by Crippen LogP contribution is -2.22. The van der Waals surface area contributed by atoms with E-state index in [1.165, 1.54) is 11.3 Å². The van der Waals surface area contributed by atoms with Crippen molar-refractivity contribution in [3.8, 4) is 0 Å². The molecule has 0 amide bonds. The van der Waals surface area contributed by atoms with E-state index >= 15 is 0 Å². The zero-order chi connectivity index (χ0) is 14.2. The monoisotopic (exact) mass is 307 g/mol. The Balaban J connectivity index is 1.79. The molecule has 0 aliphatic carbocycles. The van der Waals surface area contributed by atoms with Gasteiger partial charge in [0.25, 0.3) is 0 Å². The second-order valence-electron chi connectivity index (χ2n) is 4.40. The maximum Gasteiger partial charge on any atom is 0.250 e. The van der Waals surface area contributed by atoms with Gasteiger partial charge >= 0.3 is 0 Å². The zero-order valence-corrected chi connectivity index (χ0v) is 12.4. The van der Waals surface area contributed by atoms with E-state index in [1.54, 1.807) is 16.6 Å². The van der Waals surface area contributed by atoms with Crippen LogP contribution in [0.3, 0.4) is 0 Å². The Hall–Kier alpha value is -1.70. The molecule has 0 atom stereocenters. The maximum atomic E-state index is 12.1. The molecular weight excluding hydrogens is 294 g/mol. The molecule has 0 saturated heterocycles. The number of pyridine rings is 1. The quantitative estimate of drug-likeness (QED) is 0.803. The second-order valence-corrected chi connectivity index (χ2v) is 7.68. The van der Waals surface area contributed by atoms with Gasteiger partial charge < -0.3 is 0 Å². The number of fused-ring (bicyclic) bond motifs is 1. The molecular formula is C13H13N3O2S2. The molecule has 0 fully saturated rings. The summed E-state index contributed by atoms with van der Waals surface area (Å²) < 4.78 is 28.8. The number of rotatable bonds is 4. The summed E-state index contributed by atoms with van der Waals surface area (Å²) >= 11 is 1.26. The van der Waals surface area contributed by atoms with Gasteiger partial charge in [0.15, 0.2) is 0 Å². The van der Waals surface area contributed by atoms with E-state index in [2.05, 4.69) is 9.82 Å². The fourth-order valence-corrected chi connectivity index (χ4v) is 4.20. The molecule has 0 radical (unpaired) electrons. The number of aryl methyl sites for hydroxylation is 1. The Kier molecular flexibility index (Phi) is 3.33. The summed E-state index contributed by atoms with van der Waals surface area (Å²) in [5.74, 6) is 0. The van der Waals surface area contributed by atoms with Crippen molar-refractivity contribution in [1.29, 1.82) is 0 Å². The number of thiophene rings is 1. The van der Waals surface area contributed by atoms with Gasteiger partial charge in [0.1, 0.15) is 4.21 Å². The molecule has 0 aliphatic rings. The van der Waals surface area contributed by atoms with Crippen LogP contribution in [0.25, 0.3) is 5.52 Å². The summed E-state index contributed by atoms with van der Waals surface area (Å²) in [5.41, 5.74) is 1.63. The molecule has 0 spiro atoms. The molecule has 104 valence electrons. The van der Waals surface area contributed by atoms with Gasteiger partial charge in [-0.25, -0.2) is 17.7 Å². The summed E-state index contributed by atoms with van der Waals surface area (Å²) in [6.45, 7) is 2.06. The molecule has 0 aliphatic heterocycles. The minimum atomic E-state index is -3.46. The van der Waals surface area contributed by atoms with E-state index in [0.717, 1.165) is 10.4 Å². The molecule has 0 bridgehead atoms. The van der Waals surface area contributed by atoms with Crippen LogP contribution in [0.15, 0.2) is 46.8 Å². The summed E-state index contributed by atoms with van der Waals surface area (Å²) in [5, 5.41) is 4.31. The minimum absolute atomic E-state index is 0.182. The molecule has 0 saturated carbocycles. The van der Waals surface area contributed by atoms with Crippen molar-refractivity contribution in [3.63, 3.8) is 0 Å². The largest absolute Gasteiger partial charge is 0.250 e. The van der Waals surface area contributed by atoms with Crippen LogP contribution in [0.1, 0.15) is 10.6 Å². The summed E-state index contributed by atoms with van der Waals surface area (Å²) in [4.78, 5) is 0.970. The highest BCUT2D eigenvalue weighted by Crippen LogP contribution is 2.20. The predicted octanol–water partition coefficient (Wildman–Crippen LogP) is 2.18. The summed E-state index contributed by atoms with van der Waals surface area (Å²) in [6, 6.07) is 11.0. The predicted molar refractivity (Wildman–Crippen MR) is 78.3 cm³/mol. The number of hydrogen-bond acceptors (Lipinski definition) is 4. The molecule has 7 heteroatoms. The van der Waals surface area contributed by atoms with Crippen LogP contribution >= 0.6 is 11.3 Å². The van der Waals surface area contributed by atoms with Crippen molar-refractivity contribution >= 4 is 26.9 Å². The Bertz CT molecular complexity index is 816. The Morgan fingerprint density at radius 3 is 2.85 bits per heavy atom. The van der Waals surface area contributed by atoms with E-state index < -0.39 is 10.0 Å². The number of hydrogen-bond donors (Lipinski definition) is 1. The number of aromatic nitrogens is 2. The van der Waals surface area contributed by atoms with Crippen LogP contribution in [0.5, 0.6) is 0 Å². The summed E-state index contributed by atoms with van der Waals surface area (Å²) in [6.07, 6.45) is 1.83. The fraction of sp³-hybridized carbons (Fsp3) is 0.154. The van der Waals surface area contributed by atoms with Gasteiger partial charge in [0.2, 0.25) is 10.0 Å². The third-order valence-corrected chi connectivity index (χ3v) is 5.74. The van der Waals surface area contributed by atoms with Crippen molar-refractivity contribution < 1.29 is 8.42 Å². The lowest BCUT2D eigenvalue weighted by molar-refractivity contribution is 0.582.